The van der Waals surface area contributed by atoms with Crippen molar-refractivity contribution in [1.29, 1.82) is 0 Å². The zero-order chi connectivity index (χ0) is 15.5. The summed E-state index contributed by atoms with van der Waals surface area (Å²) < 4.78 is 21.5. The van der Waals surface area contributed by atoms with Gasteiger partial charge in [0.25, 0.3) is 5.89 Å². The Morgan fingerprint density at radius 3 is 2.73 bits per heavy atom. The molecule has 1 saturated heterocycles. The van der Waals surface area contributed by atoms with Crippen molar-refractivity contribution < 1.29 is 18.7 Å². The summed E-state index contributed by atoms with van der Waals surface area (Å²) in [5, 5.41) is 4.05. The second-order valence-corrected chi connectivity index (χ2v) is 5.47. The van der Waals surface area contributed by atoms with Crippen LogP contribution in [-0.2, 0) is 11.2 Å². The fourth-order valence-electron chi connectivity index (χ4n) is 2.64. The van der Waals surface area contributed by atoms with Crippen LogP contribution in [0.4, 0.5) is 0 Å². The highest BCUT2D eigenvalue weighted by molar-refractivity contribution is 5.43. The van der Waals surface area contributed by atoms with E-state index in [2.05, 4.69) is 17.1 Å². The van der Waals surface area contributed by atoms with Crippen LogP contribution in [0.2, 0.25) is 0 Å². The molecule has 118 valence electrons. The smallest absolute Gasteiger partial charge is 0.256 e. The molecular weight excluding hydrogens is 284 g/mol. The maximum Gasteiger partial charge on any atom is 0.256 e. The normalized spacial score (nSPS) is 21.0. The predicted octanol–water partition coefficient (Wildman–Crippen LogP) is 2.78. The van der Waals surface area contributed by atoms with Crippen molar-refractivity contribution in [3.8, 4) is 11.5 Å². The monoisotopic (exact) mass is 304 g/mol. The molecule has 0 bridgehead atoms. The molecule has 1 aromatic heterocycles. The van der Waals surface area contributed by atoms with Gasteiger partial charge in [-0.15, -0.1) is 0 Å². The van der Waals surface area contributed by atoms with Gasteiger partial charge in [0, 0.05) is 13.0 Å². The lowest BCUT2D eigenvalue weighted by Gasteiger charge is -2.08. The van der Waals surface area contributed by atoms with E-state index in [9.17, 15) is 0 Å². The van der Waals surface area contributed by atoms with Gasteiger partial charge >= 0.3 is 0 Å². The predicted molar refractivity (Wildman–Crippen MR) is 79.1 cm³/mol. The Morgan fingerprint density at radius 2 is 2.05 bits per heavy atom. The molecule has 0 spiro atoms. The van der Waals surface area contributed by atoms with Crippen molar-refractivity contribution in [3.63, 3.8) is 0 Å². The van der Waals surface area contributed by atoms with Gasteiger partial charge in [-0.2, -0.15) is 4.98 Å². The molecule has 1 aliphatic heterocycles. The van der Waals surface area contributed by atoms with Gasteiger partial charge in [0.05, 0.1) is 14.2 Å². The highest BCUT2D eigenvalue weighted by Gasteiger charge is 2.30. The first-order valence-electron chi connectivity index (χ1n) is 7.36. The van der Waals surface area contributed by atoms with E-state index in [0.717, 1.165) is 18.6 Å². The Kier molecular flexibility index (Phi) is 4.29. The number of rotatable bonds is 5. The number of hydrogen-bond donors (Lipinski definition) is 0. The number of methoxy groups -OCH3 is 2. The average molecular weight is 304 g/mol. The van der Waals surface area contributed by atoms with Crippen LogP contribution < -0.4 is 9.47 Å². The maximum absolute atomic E-state index is 5.65. The van der Waals surface area contributed by atoms with Crippen LogP contribution in [0.25, 0.3) is 0 Å². The summed E-state index contributed by atoms with van der Waals surface area (Å²) in [4.78, 5) is 4.46. The summed E-state index contributed by atoms with van der Waals surface area (Å²) in [7, 11) is 3.23. The van der Waals surface area contributed by atoms with Crippen LogP contribution in [0.3, 0.4) is 0 Å². The number of nitrogens with zero attached hydrogens (tertiary/aromatic N) is 2. The topological polar surface area (TPSA) is 66.6 Å². The van der Waals surface area contributed by atoms with E-state index in [1.54, 1.807) is 14.2 Å². The molecule has 6 nitrogen and oxygen atoms in total. The zero-order valence-electron chi connectivity index (χ0n) is 13.0. The van der Waals surface area contributed by atoms with Gasteiger partial charge in [0.15, 0.2) is 17.3 Å². The molecule has 1 aromatic carbocycles. The molecule has 0 N–H and O–H groups in total. The first kappa shape index (κ1) is 14.8. The number of aromatic nitrogens is 2. The van der Waals surface area contributed by atoms with Gasteiger partial charge in [-0.1, -0.05) is 18.1 Å². The van der Waals surface area contributed by atoms with Crippen LogP contribution in [0.5, 0.6) is 11.5 Å². The number of benzene rings is 1. The largest absolute Gasteiger partial charge is 0.493 e. The first-order chi connectivity index (χ1) is 10.7. The van der Waals surface area contributed by atoms with E-state index in [1.165, 1.54) is 0 Å². The Hall–Kier alpha value is -2.08. The minimum atomic E-state index is -0.0772. The fraction of sp³-hybridized carbons (Fsp3) is 0.500. The molecule has 2 atom stereocenters. The maximum atomic E-state index is 5.65. The van der Waals surface area contributed by atoms with E-state index in [0.29, 0.717) is 35.6 Å². The zero-order valence-corrected chi connectivity index (χ0v) is 13.0. The molecule has 22 heavy (non-hydrogen) atoms. The van der Waals surface area contributed by atoms with Crippen molar-refractivity contribution in [3.05, 3.63) is 35.5 Å². The van der Waals surface area contributed by atoms with Crippen molar-refractivity contribution in [2.75, 3.05) is 20.8 Å². The molecule has 0 radical (unpaired) electrons. The highest BCUT2D eigenvalue weighted by atomic mass is 16.5. The number of hydrogen-bond acceptors (Lipinski definition) is 6. The molecule has 1 aliphatic rings. The van der Waals surface area contributed by atoms with Crippen LogP contribution in [-0.4, -0.2) is 31.0 Å². The minimum Gasteiger partial charge on any atom is -0.493 e. The lowest BCUT2D eigenvalue weighted by molar-refractivity contribution is 0.0661. The second-order valence-electron chi connectivity index (χ2n) is 5.47. The van der Waals surface area contributed by atoms with Gasteiger partial charge in [0.1, 0.15) is 6.10 Å². The first-order valence-corrected chi connectivity index (χ1v) is 7.36. The van der Waals surface area contributed by atoms with Crippen molar-refractivity contribution in [2.45, 2.75) is 25.9 Å². The van der Waals surface area contributed by atoms with E-state index in [4.69, 9.17) is 18.7 Å². The molecule has 0 aliphatic carbocycles. The summed E-state index contributed by atoms with van der Waals surface area (Å²) in [6.07, 6.45) is 1.52. The molecular formula is C16H20N2O4. The molecule has 0 amide bonds. The Bertz CT molecular complexity index is 641. The van der Waals surface area contributed by atoms with E-state index in [-0.39, 0.29) is 6.10 Å². The summed E-state index contributed by atoms with van der Waals surface area (Å²) >= 11 is 0. The Balaban J connectivity index is 1.75. The van der Waals surface area contributed by atoms with Crippen molar-refractivity contribution in [1.82, 2.24) is 10.1 Å². The van der Waals surface area contributed by atoms with E-state index < -0.39 is 0 Å². The summed E-state index contributed by atoms with van der Waals surface area (Å²) in [5.74, 6) is 3.02. The van der Waals surface area contributed by atoms with Gasteiger partial charge in [-0.3, -0.25) is 0 Å². The molecule has 2 unspecified atom stereocenters. The molecule has 0 saturated carbocycles. The third-order valence-corrected chi connectivity index (χ3v) is 3.92. The Morgan fingerprint density at radius 1 is 1.23 bits per heavy atom. The van der Waals surface area contributed by atoms with Crippen LogP contribution >= 0.6 is 0 Å². The molecule has 2 aromatic rings. The van der Waals surface area contributed by atoms with Crippen LogP contribution in [0, 0.1) is 5.92 Å². The lowest BCUT2D eigenvalue weighted by Crippen LogP contribution is -2.04. The molecule has 2 heterocycles. The minimum absolute atomic E-state index is 0.0772. The van der Waals surface area contributed by atoms with Crippen molar-refractivity contribution >= 4 is 0 Å². The van der Waals surface area contributed by atoms with Crippen LogP contribution in [0.1, 0.15) is 36.7 Å². The SMILES string of the molecule is COc1ccc(Cc2noc(C3OCCC3C)n2)cc1OC. The quantitative estimate of drug-likeness (QED) is 0.846. The van der Waals surface area contributed by atoms with Gasteiger partial charge in [-0.05, 0) is 30.0 Å². The van der Waals surface area contributed by atoms with E-state index >= 15 is 0 Å². The molecule has 1 fully saturated rings. The van der Waals surface area contributed by atoms with Crippen LogP contribution in [0.15, 0.2) is 22.7 Å². The summed E-state index contributed by atoms with van der Waals surface area (Å²) in [6, 6.07) is 5.76. The third-order valence-electron chi connectivity index (χ3n) is 3.92. The molecule has 3 rings (SSSR count). The lowest BCUT2D eigenvalue weighted by atomic mass is 10.0. The summed E-state index contributed by atoms with van der Waals surface area (Å²) in [5.41, 5.74) is 1.03. The second kappa shape index (κ2) is 6.36. The van der Waals surface area contributed by atoms with Crippen molar-refractivity contribution in [2.24, 2.45) is 5.92 Å². The van der Waals surface area contributed by atoms with Gasteiger partial charge < -0.3 is 18.7 Å². The standard InChI is InChI=1S/C16H20N2O4/c1-10-6-7-21-15(10)16-17-14(18-22-16)9-11-4-5-12(19-2)13(8-11)20-3/h4-5,8,10,15H,6-7,9H2,1-3H3. The number of ether oxygens (including phenoxy) is 3. The van der Waals surface area contributed by atoms with E-state index in [1.807, 2.05) is 18.2 Å². The Labute approximate surface area is 129 Å². The summed E-state index contributed by atoms with van der Waals surface area (Å²) in [6.45, 7) is 2.88. The fourth-order valence-corrected chi connectivity index (χ4v) is 2.64. The van der Waals surface area contributed by atoms with Gasteiger partial charge in [-0.25, -0.2) is 0 Å². The highest BCUT2D eigenvalue weighted by Crippen LogP contribution is 2.33. The van der Waals surface area contributed by atoms with Gasteiger partial charge in [0.2, 0.25) is 0 Å². The third kappa shape index (κ3) is 2.92. The average Bonchev–Trinajstić information content (AvgIpc) is 3.15. The molecule has 6 heteroatoms.